The van der Waals surface area contributed by atoms with Crippen molar-refractivity contribution in [2.75, 3.05) is 40.5 Å². The number of rotatable bonds is 9. The third-order valence-corrected chi connectivity index (χ3v) is 4.87. The standard InChI is InChI=1S/C21H34N2O4.ClH/c1-16(2)23(18-8-5-6-11-22-15-18)21(24)17-9-10-19(26-4)20(14-17)27-13-7-12-25-3;/h9-10,14,16,18,22H,5-8,11-13,15H2,1-4H3;1H. The van der Waals surface area contributed by atoms with Crippen LogP contribution >= 0.6 is 12.4 Å². The van der Waals surface area contributed by atoms with Gasteiger partial charge < -0.3 is 24.4 Å². The molecule has 28 heavy (non-hydrogen) atoms. The maximum Gasteiger partial charge on any atom is 0.254 e. The number of carbonyl (C=O) groups is 1. The molecule has 0 bridgehead atoms. The molecular weight excluding hydrogens is 380 g/mol. The second-order valence-corrected chi connectivity index (χ2v) is 7.22. The molecule has 160 valence electrons. The third kappa shape index (κ3) is 6.83. The maximum atomic E-state index is 13.3. The number of hydrogen-bond acceptors (Lipinski definition) is 5. The van der Waals surface area contributed by atoms with Crippen molar-refractivity contribution in [1.82, 2.24) is 10.2 Å². The zero-order valence-electron chi connectivity index (χ0n) is 17.5. The Hall–Kier alpha value is -1.50. The summed E-state index contributed by atoms with van der Waals surface area (Å²) in [7, 11) is 3.28. The highest BCUT2D eigenvalue weighted by molar-refractivity contribution is 5.95. The number of ether oxygens (including phenoxy) is 3. The van der Waals surface area contributed by atoms with Crippen LogP contribution in [0.2, 0.25) is 0 Å². The lowest BCUT2D eigenvalue weighted by molar-refractivity contribution is 0.0600. The predicted molar refractivity (Wildman–Crippen MR) is 114 cm³/mol. The first kappa shape index (κ1) is 24.5. The molecule has 1 amide bonds. The van der Waals surface area contributed by atoms with Crippen LogP contribution in [0.4, 0.5) is 0 Å². The molecule has 1 aliphatic heterocycles. The molecule has 0 aliphatic carbocycles. The summed E-state index contributed by atoms with van der Waals surface area (Å²) in [5.41, 5.74) is 0.635. The minimum Gasteiger partial charge on any atom is -0.493 e. The lowest BCUT2D eigenvalue weighted by Gasteiger charge is -2.35. The molecule has 0 radical (unpaired) electrons. The van der Waals surface area contributed by atoms with Crippen molar-refractivity contribution in [3.8, 4) is 11.5 Å². The Labute approximate surface area is 175 Å². The van der Waals surface area contributed by atoms with Gasteiger partial charge in [-0.2, -0.15) is 0 Å². The first-order chi connectivity index (χ1) is 13.1. The van der Waals surface area contributed by atoms with Gasteiger partial charge in [-0.05, 0) is 51.4 Å². The highest BCUT2D eigenvalue weighted by atomic mass is 35.5. The Bertz CT molecular complexity index is 590. The number of carbonyl (C=O) groups excluding carboxylic acids is 1. The average molecular weight is 415 g/mol. The molecule has 1 aromatic carbocycles. The molecule has 2 rings (SSSR count). The number of halogens is 1. The van der Waals surface area contributed by atoms with Crippen LogP contribution in [-0.4, -0.2) is 63.4 Å². The Morgan fingerprint density at radius 1 is 1.21 bits per heavy atom. The van der Waals surface area contributed by atoms with Crippen LogP contribution in [0.25, 0.3) is 0 Å². The summed E-state index contributed by atoms with van der Waals surface area (Å²) < 4.78 is 16.3. The monoisotopic (exact) mass is 414 g/mol. The normalized spacial score (nSPS) is 16.8. The number of benzene rings is 1. The van der Waals surface area contributed by atoms with Crippen molar-refractivity contribution in [1.29, 1.82) is 0 Å². The van der Waals surface area contributed by atoms with Crippen molar-refractivity contribution in [2.24, 2.45) is 0 Å². The molecule has 1 atom stereocenters. The van der Waals surface area contributed by atoms with Crippen molar-refractivity contribution >= 4 is 18.3 Å². The SMILES string of the molecule is COCCCOc1cc(C(=O)N(C(C)C)C2CCCCNC2)ccc1OC.Cl. The van der Waals surface area contributed by atoms with E-state index in [2.05, 4.69) is 19.2 Å². The van der Waals surface area contributed by atoms with Crippen molar-refractivity contribution in [3.63, 3.8) is 0 Å². The van der Waals surface area contributed by atoms with Crippen LogP contribution in [-0.2, 0) is 4.74 Å². The topological polar surface area (TPSA) is 60.0 Å². The summed E-state index contributed by atoms with van der Waals surface area (Å²) in [5, 5.41) is 3.46. The van der Waals surface area contributed by atoms with Crippen LogP contribution in [0.5, 0.6) is 11.5 Å². The first-order valence-electron chi connectivity index (χ1n) is 9.91. The summed E-state index contributed by atoms with van der Waals surface area (Å²) in [6.45, 7) is 7.18. The van der Waals surface area contributed by atoms with Crippen LogP contribution in [0.3, 0.4) is 0 Å². The molecule has 1 aromatic rings. The second kappa shape index (κ2) is 12.9. The van der Waals surface area contributed by atoms with Gasteiger partial charge in [0.2, 0.25) is 0 Å². The molecule has 1 N–H and O–H groups in total. The van der Waals surface area contributed by atoms with Gasteiger partial charge in [0.15, 0.2) is 11.5 Å². The number of amides is 1. The fourth-order valence-electron chi connectivity index (χ4n) is 3.52. The largest absolute Gasteiger partial charge is 0.493 e. The van der Waals surface area contributed by atoms with Gasteiger partial charge in [-0.1, -0.05) is 6.42 Å². The van der Waals surface area contributed by atoms with Crippen molar-refractivity contribution in [3.05, 3.63) is 23.8 Å². The van der Waals surface area contributed by atoms with E-state index in [1.54, 1.807) is 20.3 Å². The zero-order valence-corrected chi connectivity index (χ0v) is 18.3. The first-order valence-corrected chi connectivity index (χ1v) is 9.91. The summed E-state index contributed by atoms with van der Waals surface area (Å²) in [5.74, 6) is 1.28. The van der Waals surface area contributed by atoms with Crippen molar-refractivity contribution in [2.45, 2.75) is 51.6 Å². The van der Waals surface area contributed by atoms with Gasteiger partial charge in [-0.25, -0.2) is 0 Å². The Morgan fingerprint density at radius 2 is 2.00 bits per heavy atom. The minimum atomic E-state index is 0. The molecule has 0 aromatic heterocycles. The quantitative estimate of drug-likeness (QED) is 0.626. The van der Waals surface area contributed by atoms with E-state index in [9.17, 15) is 4.79 Å². The van der Waals surface area contributed by atoms with Crippen molar-refractivity contribution < 1.29 is 19.0 Å². The molecule has 1 unspecified atom stereocenters. The maximum absolute atomic E-state index is 13.3. The van der Waals surface area contributed by atoms with E-state index in [0.717, 1.165) is 32.4 Å². The lowest BCUT2D eigenvalue weighted by Crippen LogP contribution is -2.48. The summed E-state index contributed by atoms with van der Waals surface area (Å²) in [6, 6.07) is 5.78. The van der Waals surface area contributed by atoms with Crippen LogP contribution in [0.1, 0.15) is 49.9 Å². The number of hydrogen-bond donors (Lipinski definition) is 1. The summed E-state index contributed by atoms with van der Waals surface area (Å²) >= 11 is 0. The highest BCUT2D eigenvalue weighted by Gasteiger charge is 2.28. The predicted octanol–water partition coefficient (Wildman–Crippen LogP) is 3.53. The van der Waals surface area contributed by atoms with Gasteiger partial charge in [0.25, 0.3) is 5.91 Å². The van der Waals surface area contributed by atoms with E-state index in [-0.39, 0.29) is 30.4 Å². The molecule has 1 heterocycles. The number of nitrogens with zero attached hydrogens (tertiary/aromatic N) is 1. The smallest absolute Gasteiger partial charge is 0.254 e. The third-order valence-electron chi connectivity index (χ3n) is 4.87. The number of nitrogens with one attached hydrogen (secondary N) is 1. The molecule has 1 aliphatic rings. The van der Waals surface area contributed by atoms with E-state index in [4.69, 9.17) is 14.2 Å². The van der Waals surface area contributed by atoms with E-state index in [0.29, 0.717) is 30.3 Å². The van der Waals surface area contributed by atoms with Gasteiger partial charge in [-0.3, -0.25) is 4.79 Å². The summed E-state index contributed by atoms with van der Waals surface area (Å²) in [6.07, 6.45) is 4.13. The van der Waals surface area contributed by atoms with E-state index >= 15 is 0 Å². The molecule has 1 fully saturated rings. The molecule has 0 saturated carbocycles. The minimum absolute atomic E-state index is 0. The molecule has 0 spiro atoms. The van der Waals surface area contributed by atoms with Gasteiger partial charge in [-0.15, -0.1) is 12.4 Å². The highest BCUT2D eigenvalue weighted by Crippen LogP contribution is 2.29. The lowest BCUT2D eigenvalue weighted by atomic mass is 10.0. The Balaban J connectivity index is 0.00000392. The second-order valence-electron chi connectivity index (χ2n) is 7.22. The molecule has 6 nitrogen and oxygen atoms in total. The van der Waals surface area contributed by atoms with E-state index < -0.39 is 0 Å². The van der Waals surface area contributed by atoms with Crippen LogP contribution in [0, 0.1) is 0 Å². The zero-order chi connectivity index (χ0) is 19.6. The van der Waals surface area contributed by atoms with Gasteiger partial charge in [0.1, 0.15) is 0 Å². The van der Waals surface area contributed by atoms with Gasteiger partial charge in [0.05, 0.1) is 13.7 Å². The Kier molecular flexibility index (Phi) is 11.3. The van der Waals surface area contributed by atoms with Crippen LogP contribution < -0.4 is 14.8 Å². The van der Waals surface area contributed by atoms with Gasteiger partial charge >= 0.3 is 0 Å². The average Bonchev–Trinajstić information content (AvgIpc) is 2.94. The fraction of sp³-hybridized carbons (Fsp3) is 0.667. The van der Waals surface area contributed by atoms with E-state index in [1.165, 1.54) is 6.42 Å². The molecular formula is C21H35ClN2O4. The fourth-order valence-corrected chi connectivity index (χ4v) is 3.52. The number of methoxy groups -OCH3 is 2. The molecule has 1 saturated heterocycles. The van der Waals surface area contributed by atoms with E-state index in [1.807, 2.05) is 17.0 Å². The Morgan fingerprint density at radius 3 is 2.68 bits per heavy atom. The van der Waals surface area contributed by atoms with Gasteiger partial charge in [0, 0.05) is 44.3 Å². The summed E-state index contributed by atoms with van der Waals surface area (Å²) in [4.78, 5) is 15.3. The molecule has 7 heteroatoms. The van der Waals surface area contributed by atoms with Crippen LogP contribution in [0.15, 0.2) is 18.2 Å².